The van der Waals surface area contributed by atoms with Gasteiger partial charge in [-0.1, -0.05) is 13.8 Å². The van der Waals surface area contributed by atoms with Gasteiger partial charge in [0.15, 0.2) is 5.96 Å². The van der Waals surface area contributed by atoms with Crippen molar-refractivity contribution in [3.8, 4) is 0 Å². The van der Waals surface area contributed by atoms with E-state index in [9.17, 15) is 0 Å². The van der Waals surface area contributed by atoms with Gasteiger partial charge in [-0.3, -0.25) is 0 Å². The Hall–Kier alpha value is -1.47. The van der Waals surface area contributed by atoms with E-state index in [0.717, 1.165) is 47.7 Å². The molecule has 0 atom stereocenters. The average molecular weight is 367 g/mol. The third kappa shape index (κ3) is 6.57. The molecule has 5 nitrogen and oxygen atoms in total. The van der Waals surface area contributed by atoms with Crippen molar-refractivity contribution in [2.75, 3.05) is 25.1 Å². The fourth-order valence-corrected chi connectivity index (χ4v) is 3.20. The highest BCUT2D eigenvalue weighted by molar-refractivity contribution is 7.98. The van der Waals surface area contributed by atoms with Crippen LogP contribution in [0.3, 0.4) is 0 Å². The lowest BCUT2D eigenvalue weighted by Crippen LogP contribution is -2.39. The number of hydrogen-bond donors (Lipinski definition) is 2. The first-order valence-electron chi connectivity index (χ1n) is 8.17. The van der Waals surface area contributed by atoms with Crippen molar-refractivity contribution in [2.45, 2.75) is 32.7 Å². The number of rotatable bonds is 9. The Morgan fingerprint density at radius 1 is 1.38 bits per heavy atom. The van der Waals surface area contributed by atoms with Gasteiger partial charge in [0.05, 0.1) is 18.5 Å². The highest BCUT2D eigenvalue weighted by atomic mass is 32.2. The van der Waals surface area contributed by atoms with Crippen LogP contribution in [0.2, 0.25) is 0 Å². The summed E-state index contributed by atoms with van der Waals surface area (Å²) in [5.41, 5.74) is 1.15. The Morgan fingerprint density at radius 3 is 2.88 bits per heavy atom. The smallest absolute Gasteiger partial charge is 0.191 e. The van der Waals surface area contributed by atoms with Crippen molar-refractivity contribution in [1.29, 1.82) is 0 Å². The van der Waals surface area contributed by atoms with E-state index in [2.05, 4.69) is 46.1 Å². The number of thioether (sulfide) groups is 1. The summed E-state index contributed by atoms with van der Waals surface area (Å²) < 4.78 is 5.36. The summed E-state index contributed by atoms with van der Waals surface area (Å²) in [6.45, 7) is 6.60. The fraction of sp³-hybridized carbons (Fsp3) is 0.529. The Bertz CT molecular complexity index is 608. The minimum atomic E-state index is 0.463. The van der Waals surface area contributed by atoms with Gasteiger partial charge >= 0.3 is 0 Å². The van der Waals surface area contributed by atoms with E-state index in [0.29, 0.717) is 12.5 Å². The van der Waals surface area contributed by atoms with E-state index in [1.165, 1.54) is 0 Å². The number of nitrogens with zero attached hydrogens (tertiary/aromatic N) is 2. The summed E-state index contributed by atoms with van der Waals surface area (Å²) in [6, 6.07) is 3.90. The topological polar surface area (TPSA) is 62.5 Å². The van der Waals surface area contributed by atoms with Gasteiger partial charge in [0.25, 0.3) is 0 Å². The van der Waals surface area contributed by atoms with Crippen LogP contribution in [-0.4, -0.2) is 36.0 Å². The Kier molecular flexibility index (Phi) is 8.18. The molecule has 0 bridgehead atoms. The van der Waals surface area contributed by atoms with Crippen LogP contribution in [0.25, 0.3) is 0 Å². The molecule has 0 aliphatic rings. The molecular formula is C17H26N4OS2. The predicted octanol–water partition coefficient (Wildman–Crippen LogP) is 3.50. The van der Waals surface area contributed by atoms with Crippen molar-refractivity contribution < 1.29 is 4.42 Å². The average Bonchev–Trinajstić information content (AvgIpc) is 3.24. The molecule has 0 fully saturated rings. The molecule has 0 aliphatic heterocycles. The Morgan fingerprint density at radius 2 is 2.21 bits per heavy atom. The molecular weight excluding hydrogens is 340 g/mol. The van der Waals surface area contributed by atoms with Gasteiger partial charge in [0.1, 0.15) is 10.8 Å². The maximum Gasteiger partial charge on any atom is 0.191 e. The molecule has 132 valence electrons. The highest BCUT2D eigenvalue weighted by Crippen LogP contribution is 2.18. The highest BCUT2D eigenvalue weighted by Gasteiger charge is 2.06. The lowest BCUT2D eigenvalue weighted by atomic mass is 10.2. The third-order valence-electron chi connectivity index (χ3n) is 3.38. The van der Waals surface area contributed by atoms with E-state index in [-0.39, 0.29) is 0 Å². The molecule has 2 aromatic heterocycles. The van der Waals surface area contributed by atoms with Gasteiger partial charge in [0, 0.05) is 30.6 Å². The van der Waals surface area contributed by atoms with Gasteiger partial charge in [0.2, 0.25) is 0 Å². The second-order valence-corrected chi connectivity index (χ2v) is 7.59. The molecule has 0 saturated heterocycles. The van der Waals surface area contributed by atoms with Crippen LogP contribution < -0.4 is 10.6 Å². The Labute approximate surface area is 152 Å². The maximum absolute atomic E-state index is 5.36. The second-order valence-electron chi connectivity index (χ2n) is 5.66. The Balaban J connectivity index is 1.87. The lowest BCUT2D eigenvalue weighted by molar-refractivity contribution is 0.507. The number of nitrogens with one attached hydrogen (secondary N) is 2. The normalized spacial score (nSPS) is 11.9. The summed E-state index contributed by atoms with van der Waals surface area (Å²) >= 11 is 3.49. The molecule has 0 spiro atoms. The number of guanidine groups is 1. The molecule has 7 heteroatoms. The van der Waals surface area contributed by atoms with Crippen LogP contribution in [0.15, 0.2) is 33.2 Å². The number of aromatic nitrogens is 1. The minimum absolute atomic E-state index is 0.463. The zero-order chi connectivity index (χ0) is 17.2. The second kappa shape index (κ2) is 10.4. The summed E-state index contributed by atoms with van der Waals surface area (Å²) in [5.74, 6) is 3.32. The van der Waals surface area contributed by atoms with E-state index in [1.807, 2.05) is 23.9 Å². The molecule has 2 aromatic rings. The maximum atomic E-state index is 5.36. The first-order valence-corrected chi connectivity index (χ1v) is 10.4. The first kappa shape index (κ1) is 18.9. The van der Waals surface area contributed by atoms with E-state index < -0.39 is 0 Å². The lowest BCUT2D eigenvalue weighted by Gasteiger charge is -2.11. The molecule has 2 N–H and O–H groups in total. The van der Waals surface area contributed by atoms with Gasteiger partial charge in [-0.2, -0.15) is 11.8 Å². The van der Waals surface area contributed by atoms with Crippen LogP contribution in [0.5, 0.6) is 0 Å². The minimum Gasteiger partial charge on any atom is -0.469 e. The third-order valence-corrected chi connectivity index (χ3v) is 4.84. The van der Waals surface area contributed by atoms with Crippen molar-refractivity contribution >= 4 is 29.1 Å². The number of hydrogen-bond acceptors (Lipinski definition) is 5. The summed E-state index contributed by atoms with van der Waals surface area (Å²) in [5, 5.41) is 9.91. The van der Waals surface area contributed by atoms with Crippen LogP contribution in [-0.2, 0) is 13.0 Å². The molecule has 0 aromatic carbocycles. The molecule has 0 unspecified atom stereocenters. The molecule has 24 heavy (non-hydrogen) atoms. The van der Waals surface area contributed by atoms with E-state index >= 15 is 0 Å². The van der Waals surface area contributed by atoms with E-state index in [1.54, 1.807) is 17.6 Å². The van der Waals surface area contributed by atoms with Crippen LogP contribution >= 0.6 is 23.1 Å². The number of furan rings is 1. The van der Waals surface area contributed by atoms with E-state index in [4.69, 9.17) is 4.42 Å². The molecule has 0 aliphatic carbocycles. The van der Waals surface area contributed by atoms with Gasteiger partial charge < -0.3 is 15.1 Å². The van der Waals surface area contributed by atoms with Crippen LogP contribution in [0.1, 0.15) is 36.2 Å². The summed E-state index contributed by atoms with van der Waals surface area (Å²) in [7, 11) is 0. The van der Waals surface area contributed by atoms with Gasteiger partial charge in [-0.25, -0.2) is 9.98 Å². The molecule has 0 amide bonds. The quantitative estimate of drug-likeness (QED) is 0.404. The molecule has 2 heterocycles. The predicted molar refractivity (Wildman–Crippen MR) is 104 cm³/mol. The monoisotopic (exact) mass is 366 g/mol. The summed E-state index contributed by atoms with van der Waals surface area (Å²) in [4.78, 5) is 9.30. The fourth-order valence-electron chi connectivity index (χ4n) is 2.01. The van der Waals surface area contributed by atoms with Crippen molar-refractivity contribution in [2.24, 2.45) is 4.99 Å². The zero-order valence-corrected chi connectivity index (χ0v) is 16.2. The van der Waals surface area contributed by atoms with Gasteiger partial charge in [-0.15, -0.1) is 11.3 Å². The first-order chi connectivity index (χ1) is 11.7. The van der Waals surface area contributed by atoms with Crippen LogP contribution in [0.4, 0.5) is 0 Å². The largest absolute Gasteiger partial charge is 0.469 e. The molecule has 2 rings (SSSR count). The standard InChI is InChI=1S/C17H26N4OS2/c1-13(2)15-12-24-16(21-15)11-20-17(19-8-10-23-3)18-7-6-14-5-4-9-22-14/h4-5,9,12-13H,6-8,10-11H2,1-3H3,(H2,18,19,20). The number of thiazole rings is 1. The van der Waals surface area contributed by atoms with Gasteiger partial charge in [-0.05, 0) is 24.3 Å². The van der Waals surface area contributed by atoms with Crippen molar-refractivity contribution in [3.63, 3.8) is 0 Å². The van der Waals surface area contributed by atoms with Crippen molar-refractivity contribution in [1.82, 2.24) is 15.6 Å². The zero-order valence-electron chi connectivity index (χ0n) is 14.5. The SMILES string of the molecule is CSCCNC(=NCc1nc(C(C)C)cs1)NCCc1ccco1. The van der Waals surface area contributed by atoms with Crippen molar-refractivity contribution in [3.05, 3.63) is 40.2 Å². The van der Waals surface area contributed by atoms with Crippen LogP contribution in [0, 0.1) is 0 Å². The molecule has 0 saturated carbocycles. The number of aliphatic imine (C=N–C) groups is 1. The molecule has 0 radical (unpaired) electrons. The summed E-state index contributed by atoms with van der Waals surface area (Å²) in [6.07, 6.45) is 4.65.